The second kappa shape index (κ2) is 26.5. The van der Waals surface area contributed by atoms with Crippen LogP contribution in [0.5, 0.6) is 0 Å². The molecule has 0 amide bonds. The topological polar surface area (TPSA) is 43.4 Å². The lowest BCUT2D eigenvalue weighted by molar-refractivity contribution is -0.150. The van der Waals surface area contributed by atoms with Gasteiger partial charge in [-0.2, -0.15) is 0 Å². The van der Waals surface area contributed by atoms with Crippen molar-refractivity contribution in [1.29, 1.82) is 0 Å². The van der Waals surface area contributed by atoms with Crippen LogP contribution < -0.4 is 0 Å². The van der Waals surface area contributed by atoms with Gasteiger partial charge in [-0.1, -0.05) is 116 Å². The molecule has 0 fully saturated rings. The maximum absolute atomic E-state index is 12.3. The van der Waals surface area contributed by atoms with Gasteiger partial charge in [-0.05, 0) is 51.9 Å². The van der Waals surface area contributed by atoms with Crippen LogP contribution in [0.2, 0.25) is 0 Å². The Balaban J connectivity index is 3.73. The molecule has 0 aliphatic rings. The smallest absolute Gasteiger partial charge is 0.306 e. The molecule has 0 aromatic carbocycles. The number of hydrogen-bond acceptors (Lipinski definition) is 3. The Bertz CT molecular complexity index is 483. The highest BCUT2D eigenvalue weighted by Gasteiger charge is 2.16. The zero-order chi connectivity index (χ0) is 25.1. The summed E-state index contributed by atoms with van der Waals surface area (Å²) >= 11 is 0. The number of carbonyl (C=O) groups excluding carboxylic acids is 2. The van der Waals surface area contributed by atoms with Crippen LogP contribution in [0.25, 0.3) is 0 Å². The molecule has 0 aliphatic carbocycles. The van der Waals surface area contributed by atoms with Gasteiger partial charge in [0.1, 0.15) is 11.9 Å². The molecule has 1 atom stereocenters. The van der Waals surface area contributed by atoms with E-state index in [0.29, 0.717) is 12.8 Å². The predicted molar refractivity (Wildman–Crippen MR) is 147 cm³/mol. The maximum atomic E-state index is 12.3. The zero-order valence-electron chi connectivity index (χ0n) is 23.2. The van der Waals surface area contributed by atoms with E-state index >= 15 is 0 Å². The molecule has 0 aromatic heterocycles. The monoisotopic (exact) mass is 478 g/mol. The van der Waals surface area contributed by atoms with Crippen LogP contribution >= 0.6 is 0 Å². The lowest BCUT2D eigenvalue weighted by atomic mass is 10.0. The molecule has 0 spiro atoms. The minimum Gasteiger partial charge on any atom is -0.462 e. The second-order valence-corrected chi connectivity index (χ2v) is 10.3. The fourth-order valence-corrected chi connectivity index (χ4v) is 4.44. The standard InChI is InChI=1S/C31H58O3/c1-4-6-8-10-12-14-15-16-17-19-21-23-25-27-31(33)34-30(28-29(3)32)26-24-22-20-18-13-11-9-7-5-2/h14-15,30H,4-13,16-28H2,1-3H3/b15-14-/t30-/m1/s1. The summed E-state index contributed by atoms with van der Waals surface area (Å²) in [7, 11) is 0. The summed E-state index contributed by atoms with van der Waals surface area (Å²) in [4.78, 5) is 23.8. The van der Waals surface area contributed by atoms with Gasteiger partial charge in [0.25, 0.3) is 0 Å². The fourth-order valence-electron chi connectivity index (χ4n) is 4.44. The van der Waals surface area contributed by atoms with Crippen molar-refractivity contribution in [2.45, 2.75) is 175 Å². The molecule has 0 heterocycles. The first-order valence-electron chi connectivity index (χ1n) is 14.9. The number of hydrogen-bond donors (Lipinski definition) is 0. The molecule has 0 rings (SSSR count). The van der Waals surface area contributed by atoms with E-state index in [1.54, 1.807) is 6.92 Å². The Morgan fingerprint density at radius 3 is 1.59 bits per heavy atom. The van der Waals surface area contributed by atoms with E-state index in [0.717, 1.165) is 25.7 Å². The van der Waals surface area contributed by atoms with Gasteiger partial charge in [0.2, 0.25) is 0 Å². The summed E-state index contributed by atoms with van der Waals surface area (Å²) < 4.78 is 5.67. The number of esters is 1. The third-order valence-electron chi connectivity index (χ3n) is 6.59. The van der Waals surface area contributed by atoms with Crippen LogP contribution in [0.15, 0.2) is 12.2 Å². The van der Waals surface area contributed by atoms with Crippen LogP contribution in [-0.2, 0) is 14.3 Å². The SMILES string of the molecule is CCCCCC/C=C\CCCCCCCC(=O)O[C@H](CCCCCCCCCCC)CC(C)=O. The first kappa shape index (κ1) is 32.9. The Labute approximate surface area is 212 Å². The van der Waals surface area contributed by atoms with Gasteiger partial charge in [0.15, 0.2) is 0 Å². The summed E-state index contributed by atoms with van der Waals surface area (Å²) in [6.45, 7) is 6.10. The quantitative estimate of drug-likeness (QED) is 0.0705. The van der Waals surface area contributed by atoms with Gasteiger partial charge in [-0.15, -0.1) is 0 Å². The lowest BCUT2D eigenvalue weighted by Gasteiger charge is -2.17. The van der Waals surface area contributed by atoms with Crippen molar-refractivity contribution in [2.24, 2.45) is 0 Å². The Kier molecular flexibility index (Phi) is 25.6. The van der Waals surface area contributed by atoms with E-state index in [1.807, 2.05) is 0 Å². The van der Waals surface area contributed by atoms with Crippen molar-refractivity contribution >= 4 is 11.8 Å². The van der Waals surface area contributed by atoms with E-state index in [-0.39, 0.29) is 17.9 Å². The van der Waals surface area contributed by atoms with E-state index < -0.39 is 0 Å². The van der Waals surface area contributed by atoms with Gasteiger partial charge in [-0.25, -0.2) is 0 Å². The molecule has 0 aliphatic heterocycles. The van der Waals surface area contributed by atoms with Gasteiger partial charge >= 0.3 is 5.97 Å². The highest BCUT2D eigenvalue weighted by Crippen LogP contribution is 2.16. The highest BCUT2D eigenvalue weighted by molar-refractivity contribution is 5.76. The van der Waals surface area contributed by atoms with Crippen molar-refractivity contribution in [3.63, 3.8) is 0 Å². The van der Waals surface area contributed by atoms with Gasteiger partial charge in [-0.3, -0.25) is 9.59 Å². The predicted octanol–water partition coefficient (Wildman–Crippen LogP) is 10.1. The molecular formula is C31H58O3. The zero-order valence-corrected chi connectivity index (χ0v) is 23.2. The average Bonchev–Trinajstić information content (AvgIpc) is 2.80. The third-order valence-corrected chi connectivity index (χ3v) is 6.59. The normalized spacial score (nSPS) is 12.3. The minimum atomic E-state index is -0.219. The number of rotatable bonds is 26. The molecule has 0 radical (unpaired) electrons. The fraction of sp³-hybridized carbons (Fsp3) is 0.871. The molecule has 0 saturated carbocycles. The van der Waals surface area contributed by atoms with Crippen LogP contribution in [0.4, 0.5) is 0 Å². The summed E-state index contributed by atoms with van der Waals surface area (Å²) in [6.07, 6.45) is 31.1. The van der Waals surface area contributed by atoms with E-state index in [9.17, 15) is 9.59 Å². The van der Waals surface area contributed by atoms with E-state index in [4.69, 9.17) is 4.74 Å². The van der Waals surface area contributed by atoms with Crippen molar-refractivity contribution in [2.75, 3.05) is 0 Å². The van der Waals surface area contributed by atoms with Crippen LogP contribution in [-0.4, -0.2) is 17.9 Å². The molecule has 3 heteroatoms. The van der Waals surface area contributed by atoms with Gasteiger partial charge in [0.05, 0.1) is 0 Å². The molecular weight excluding hydrogens is 420 g/mol. The summed E-state index contributed by atoms with van der Waals surface area (Å²) in [5.41, 5.74) is 0. The van der Waals surface area contributed by atoms with Crippen LogP contribution in [0.3, 0.4) is 0 Å². The molecule has 0 N–H and O–H groups in total. The number of carbonyl (C=O) groups is 2. The molecule has 3 nitrogen and oxygen atoms in total. The largest absolute Gasteiger partial charge is 0.462 e. The van der Waals surface area contributed by atoms with E-state index in [1.165, 1.54) is 109 Å². The van der Waals surface area contributed by atoms with E-state index in [2.05, 4.69) is 26.0 Å². The third kappa shape index (κ3) is 25.5. The summed E-state index contributed by atoms with van der Waals surface area (Å²) in [5.74, 6) is -0.00286. The van der Waals surface area contributed by atoms with Crippen molar-refractivity contribution in [1.82, 2.24) is 0 Å². The molecule has 0 aromatic rings. The maximum Gasteiger partial charge on any atom is 0.306 e. The van der Waals surface area contributed by atoms with Gasteiger partial charge in [0, 0.05) is 12.8 Å². The highest BCUT2D eigenvalue weighted by atomic mass is 16.5. The van der Waals surface area contributed by atoms with Crippen molar-refractivity contribution in [3.8, 4) is 0 Å². The second-order valence-electron chi connectivity index (χ2n) is 10.3. The summed E-state index contributed by atoms with van der Waals surface area (Å²) in [5, 5.41) is 0. The molecule has 0 saturated heterocycles. The van der Waals surface area contributed by atoms with Crippen LogP contribution in [0, 0.1) is 0 Å². The number of unbranched alkanes of at least 4 members (excludes halogenated alkanes) is 17. The molecule has 200 valence electrons. The number of ether oxygens (including phenoxy) is 1. The Morgan fingerprint density at radius 1 is 0.618 bits per heavy atom. The minimum absolute atomic E-state index is 0.115. The van der Waals surface area contributed by atoms with Gasteiger partial charge < -0.3 is 4.74 Å². The molecule has 0 bridgehead atoms. The average molecular weight is 479 g/mol. The Hall–Kier alpha value is -1.12. The number of ketones is 1. The number of allylic oxidation sites excluding steroid dienone is 2. The van der Waals surface area contributed by atoms with Crippen molar-refractivity contribution in [3.05, 3.63) is 12.2 Å². The lowest BCUT2D eigenvalue weighted by Crippen LogP contribution is -2.20. The first-order chi connectivity index (χ1) is 16.6. The van der Waals surface area contributed by atoms with Crippen LogP contribution in [0.1, 0.15) is 168 Å². The first-order valence-corrected chi connectivity index (χ1v) is 14.9. The molecule has 34 heavy (non-hydrogen) atoms. The number of Topliss-reactive ketones (excluding diaryl/α,β-unsaturated/α-hetero) is 1. The summed E-state index contributed by atoms with van der Waals surface area (Å²) in [6, 6.07) is 0. The van der Waals surface area contributed by atoms with Crippen molar-refractivity contribution < 1.29 is 14.3 Å². The Morgan fingerprint density at radius 2 is 1.06 bits per heavy atom. The molecule has 0 unspecified atom stereocenters.